The van der Waals surface area contributed by atoms with Crippen molar-refractivity contribution in [3.05, 3.63) is 11.6 Å². The molecule has 1 nitrogen and oxygen atoms in total. The van der Waals surface area contributed by atoms with Gasteiger partial charge in [-0.3, -0.25) is 0 Å². The van der Waals surface area contributed by atoms with Gasteiger partial charge in [0.25, 0.3) is 0 Å². The van der Waals surface area contributed by atoms with Gasteiger partial charge in [0.15, 0.2) is 0 Å². The molecule has 1 heteroatoms. The summed E-state index contributed by atoms with van der Waals surface area (Å²) in [7, 11) is 0. The van der Waals surface area contributed by atoms with E-state index in [4.69, 9.17) is 0 Å². The van der Waals surface area contributed by atoms with E-state index >= 15 is 0 Å². The molecule has 13 heavy (non-hydrogen) atoms. The third-order valence-electron chi connectivity index (χ3n) is 2.90. The van der Waals surface area contributed by atoms with E-state index in [1.807, 2.05) is 0 Å². The predicted molar refractivity (Wildman–Crippen MR) is 56.6 cm³/mol. The van der Waals surface area contributed by atoms with Gasteiger partial charge in [-0.05, 0) is 30.6 Å². The Morgan fingerprint density at radius 2 is 2.08 bits per heavy atom. The minimum atomic E-state index is -0.0840. The number of aliphatic hydroxyl groups excluding tert-OH is 1. The summed E-state index contributed by atoms with van der Waals surface area (Å²) in [5.74, 6) is 0.629. The molecule has 0 amide bonds. The number of hydrogen-bond donors (Lipinski definition) is 1. The molecule has 0 aromatic rings. The lowest BCUT2D eigenvalue weighted by Gasteiger charge is -2.36. The third-order valence-corrected chi connectivity index (χ3v) is 2.90. The molecule has 0 bridgehead atoms. The van der Waals surface area contributed by atoms with Crippen LogP contribution in [-0.2, 0) is 0 Å². The van der Waals surface area contributed by atoms with Crippen LogP contribution in [0.15, 0.2) is 11.6 Å². The highest BCUT2D eigenvalue weighted by atomic mass is 16.3. The zero-order valence-electron chi connectivity index (χ0n) is 9.30. The van der Waals surface area contributed by atoms with E-state index < -0.39 is 0 Å². The molecule has 0 spiro atoms. The molecular formula is C12H22O. The van der Waals surface area contributed by atoms with Gasteiger partial charge in [-0.2, -0.15) is 0 Å². The standard InChI is InChI=1S/C12H22O/c1-9(2)7-10-5-6-11(13)8-12(10,3)4/h7,9,11,13H,5-6,8H2,1-4H3/b10-7-. The summed E-state index contributed by atoms with van der Waals surface area (Å²) in [6.07, 6.45) is 5.23. The molecule has 76 valence electrons. The average Bonchev–Trinajstić information content (AvgIpc) is 1.93. The van der Waals surface area contributed by atoms with Crippen LogP contribution in [0.5, 0.6) is 0 Å². The topological polar surface area (TPSA) is 20.2 Å². The fraction of sp³-hybridized carbons (Fsp3) is 0.833. The van der Waals surface area contributed by atoms with E-state index in [1.165, 1.54) is 5.57 Å². The van der Waals surface area contributed by atoms with Gasteiger partial charge < -0.3 is 5.11 Å². The van der Waals surface area contributed by atoms with Gasteiger partial charge in [0.2, 0.25) is 0 Å². The van der Waals surface area contributed by atoms with Gasteiger partial charge in [0.1, 0.15) is 0 Å². The van der Waals surface area contributed by atoms with Crippen LogP contribution in [0, 0.1) is 11.3 Å². The fourth-order valence-electron chi connectivity index (χ4n) is 2.19. The van der Waals surface area contributed by atoms with E-state index in [-0.39, 0.29) is 11.5 Å². The predicted octanol–water partition coefficient (Wildman–Crippen LogP) is 3.14. The van der Waals surface area contributed by atoms with Crippen LogP contribution < -0.4 is 0 Å². The number of allylic oxidation sites excluding steroid dienone is 2. The average molecular weight is 182 g/mol. The van der Waals surface area contributed by atoms with Crippen LogP contribution >= 0.6 is 0 Å². The molecule has 1 saturated carbocycles. The summed E-state index contributed by atoms with van der Waals surface area (Å²) in [6.45, 7) is 8.91. The van der Waals surface area contributed by atoms with Crippen LogP contribution in [0.1, 0.15) is 47.0 Å². The van der Waals surface area contributed by atoms with Crippen molar-refractivity contribution in [2.24, 2.45) is 11.3 Å². The second-order valence-electron chi connectivity index (χ2n) is 5.22. The first-order valence-corrected chi connectivity index (χ1v) is 5.31. The number of aliphatic hydroxyl groups is 1. The number of rotatable bonds is 1. The van der Waals surface area contributed by atoms with Crippen molar-refractivity contribution >= 4 is 0 Å². The monoisotopic (exact) mass is 182 g/mol. The summed E-state index contributed by atoms with van der Waals surface area (Å²) in [6, 6.07) is 0. The Morgan fingerprint density at radius 3 is 2.54 bits per heavy atom. The third kappa shape index (κ3) is 2.84. The van der Waals surface area contributed by atoms with Gasteiger partial charge in [-0.15, -0.1) is 0 Å². The molecule has 1 atom stereocenters. The number of hydrogen-bond acceptors (Lipinski definition) is 1. The molecule has 0 aromatic carbocycles. The van der Waals surface area contributed by atoms with Crippen molar-refractivity contribution in [3.8, 4) is 0 Å². The highest BCUT2D eigenvalue weighted by Crippen LogP contribution is 2.40. The van der Waals surface area contributed by atoms with Crippen molar-refractivity contribution in [2.75, 3.05) is 0 Å². The van der Waals surface area contributed by atoms with E-state index in [2.05, 4.69) is 33.8 Å². The van der Waals surface area contributed by atoms with Gasteiger partial charge in [0, 0.05) is 0 Å². The molecule has 1 aliphatic carbocycles. The first kappa shape index (κ1) is 10.8. The Hall–Kier alpha value is -0.300. The molecule has 1 rings (SSSR count). The normalized spacial score (nSPS) is 31.2. The summed E-state index contributed by atoms with van der Waals surface area (Å²) < 4.78 is 0. The lowest BCUT2D eigenvalue weighted by atomic mass is 9.71. The van der Waals surface area contributed by atoms with E-state index in [9.17, 15) is 5.11 Å². The Morgan fingerprint density at radius 1 is 1.46 bits per heavy atom. The summed E-state index contributed by atoms with van der Waals surface area (Å²) in [5.41, 5.74) is 1.75. The van der Waals surface area contributed by atoms with Gasteiger partial charge >= 0.3 is 0 Å². The van der Waals surface area contributed by atoms with Gasteiger partial charge in [-0.1, -0.05) is 39.3 Å². The largest absolute Gasteiger partial charge is 0.393 e. The zero-order valence-corrected chi connectivity index (χ0v) is 9.30. The van der Waals surface area contributed by atoms with E-state index in [1.54, 1.807) is 0 Å². The van der Waals surface area contributed by atoms with E-state index in [0.717, 1.165) is 19.3 Å². The molecule has 1 fully saturated rings. The molecule has 0 heterocycles. The minimum Gasteiger partial charge on any atom is -0.393 e. The van der Waals surface area contributed by atoms with Crippen molar-refractivity contribution in [1.29, 1.82) is 0 Å². The molecule has 0 aliphatic heterocycles. The molecule has 1 aliphatic rings. The van der Waals surface area contributed by atoms with Crippen LogP contribution in [0.4, 0.5) is 0 Å². The van der Waals surface area contributed by atoms with Crippen molar-refractivity contribution in [1.82, 2.24) is 0 Å². The maximum Gasteiger partial charge on any atom is 0.0551 e. The molecule has 1 unspecified atom stereocenters. The summed E-state index contributed by atoms with van der Waals surface area (Å²) in [4.78, 5) is 0. The van der Waals surface area contributed by atoms with Crippen LogP contribution in [-0.4, -0.2) is 11.2 Å². The lowest BCUT2D eigenvalue weighted by molar-refractivity contribution is 0.0959. The Kier molecular flexibility index (Phi) is 3.18. The Bertz CT molecular complexity index is 201. The van der Waals surface area contributed by atoms with Crippen molar-refractivity contribution in [2.45, 2.75) is 53.1 Å². The first-order valence-electron chi connectivity index (χ1n) is 5.31. The fourth-order valence-corrected chi connectivity index (χ4v) is 2.19. The molecular weight excluding hydrogens is 160 g/mol. The zero-order chi connectivity index (χ0) is 10.1. The maximum atomic E-state index is 9.57. The highest BCUT2D eigenvalue weighted by molar-refractivity contribution is 5.16. The Labute approximate surface area is 81.9 Å². The molecule has 0 aromatic heterocycles. The van der Waals surface area contributed by atoms with Gasteiger partial charge in [0.05, 0.1) is 6.10 Å². The second-order valence-corrected chi connectivity index (χ2v) is 5.22. The van der Waals surface area contributed by atoms with E-state index in [0.29, 0.717) is 5.92 Å². The van der Waals surface area contributed by atoms with Crippen LogP contribution in [0.25, 0.3) is 0 Å². The first-order chi connectivity index (χ1) is 5.92. The molecule has 0 radical (unpaired) electrons. The summed E-state index contributed by atoms with van der Waals surface area (Å²) in [5, 5.41) is 9.57. The lowest BCUT2D eigenvalue weighted by Crippen LogP contribution is -2.28. The van der Waals surface area contributed by atoms with Crippen LogP contribution in [0.2, 0.25) is 0 Å². The van der Waals surface area contributed by atoms with Crippen LogP contribution in [0.3, 0.4) is 0 Å². The van der Waals surface area contributed by atoms with Crippen molar-refractivity contribution in [3.63, 3.8) is 0 Å². The highest BCUT2D eigenvalue weighted by Gasteiger charge is 2.30. The Balaban J connectivity index is 2.75. The van der Waals surface area contributed by atoms with Gasteiger partial charge in [-0.25, -0.2) is 0 Å². The summed E-state index contributed by atoms with van der Waals surface area (Å²) >= 11 is 0. The maximum absolute atomic E-state index is 9.57. The SMILES string of the molecule is CC(C)/C=C1/CCC(O)CC1(C)C. The quantitative estimate of drug-likeness (QED) is 0.618. The minimum absolute atomic E-state index is 0.0840. The van der Waals surface area contributed by atoms with Crippen molar-refractivity contribution < 1.29 is 5.11 Å². The smallest absolute Gasteiger partial charge is 0.0551 e. The second kappa shape index (κ2) is 3.83. The molecule has 1 N–H and O–H groups in total. The molecule has 0 saturated heterocycles.